The molecule has 2 N–H and O–H groups in total. The molecule has 0 radical (unpaired) electrons. The van der Waals surface area contributed by atoms with Gasteiger partial charge in [0.1, 0.15) is 5.75 Å². The highest BCUT2D eigenvalue weighted by Crippen LogP contribution is 2.29. The molecule has 1 aromatic carbocycles. The van der Waals surface area contributed by atoms with Crippen molar-refractivity contribution in [2.45, 2.75) is 51.7 Å². The molecule has 2 rings (SSSR count). The Labute approximate surface area is 109 Å². The lowest BCUT2D eigenvalue weighted by atomic mass is 9.93. The monoisotopic (exact) mass is 249 g/mol. The van der Waals surface area contributed by atoms with Gasteiger partial charge in [-0.1, -0.05) is 0 Å². The van der Waals surface area contributed by atoms with E-state index in [-0.39, 0.29) is 6.10 Å². The molecule has 1 saturated carbocycles. The van der Waals surface area contributed by atoms with Crippen molar-refractivity contribution < 1.29 is 9.84 Å². The van der Waals surface area contributed by atoms with Gasteiger partial charge in [0.15, 0.2) is 0 Å². The number of aryl methyl sites for hydroxylation is 2. The van der Waals surface area contributed by atoms with E-state index in [9.17, 15) is 5.11 Å². The van der Waals surface area contributed by atoms with Crippen molar-refractivity contribution in [3.63, 3.8) is 0 Å². The normalized spacial score (nSPS) is 23.8. The molecule has 3 heteroatoms. The highest BCUT2D eigenvalue weighted by molar-refractivity contribution is 5.55. The fourth-order valence-corrected chi connectivity index (χ4v) is 2.81. The number of anilines is 1. The molecule has 1 aromatic rings. The molecule has 0 bridgehead atoms. The summed E-state index contributed by atoms with van der Waals surface area (Å²) in [6.45, 7) is 4.14. The zero-order chi connectivity index (χ0) is 13.1. The first-order chi connectivity index (χ1) is 8.60. The van der Waals surface area contributed by atoms with E-state index in [0.29, 0.717) is 6.04 Å². The minimum atomic E-state index is -0.0950. The summed E-state index contributed by atoms with van der Waals surface area (Å²) in [6, 6.07) is 4.76. The smallest absolute Gasteiger partial charge is 0.124 e. The Balaban J connectivity index is 2.06. The molecule has 0 unspecified atom stereocenters. The molecule has 0 aromatic heterocycles. The summed E-state index contributed by atoms with van der Waals surface area (Å²) < 4.78 is 5.37. The van der Waals surface area contributed by atoms with Gasteiger partial charge in [0, 0.05) is 11.7 Å². The Morgan fingerprint density at radius 1 is 1.11 bits per heavy atom. The standard InChI is InChI=1S/C15H23NO2/c1-10-8-13(9-11(2)15(10)18-3)16-12-4-6-14(17)7-5-12/h8-9,12,14,16-17H,4-7H2,1-3H3. The van der Waals surface area contributed by atoms with Crippen molar-refractivity contribution in [1.82, 2.24) is 0 Å². The summed E-state index contributed by atoms with van der Waals surface area (Å²) in [5.74, 6) is 0.972. The second kappa shape index (κ2) is 5.61. The molecule has 0 aliphatic heterocycles. The number of aliphatic hydroxyl groups excluding tert-OH is 1. The van der Waals surface area contributed by atoms with E-state index in [1.807, 2.05) is 0 Å². The Morgan fingerprint density at radius 3 is 2.17 bits per heavy atom. The molecule has 0 spiro atoms. The van der Waals surface area contributed by atoms with Gasteiger partial charge in [0.05, 0.1) is 13.2 Å². The third-order valence-electron chi connectivity index (χ3n) is 3.73. The predicted molar refractivity (Wildman–Crippen MR) is 74.4 cm³/mol. The van der Waals surface area contributed by atoms with Gasteiger partial charge in [-0.3, -0.25) is 0 Å². The van der Waals surface area contributed by atoms with Crippen LogP contribution in [0, 0.1) is 13.8 Å². The van der Waals surface area contributed by atoms with Gasteiger partial charge in [-0.05, 0) is 62.8 Å². The molecule has 0 heterocycles. The van der Waals surface area contributed by atoms with E-state index < -0.39 is 0 Å². The fraction of sp³-hybridized carbons (Fsp3) is 0.600. The zero-order valence-corrected chi connectivity index (χ0v) is 11.5. The van der Waals surface area contributed by atoms with Crippen LogP contribution in [0.15, 0.2) is 12.1 Å². The van der Waals surface area contributed by atoms with Crippen LogP contribution in [0.3, 0.4) is 0 Å². The van der Waals surface area contributed by atoms with E-state index >= 15 is 0 Å². The average Bonchev–Trinajstić information content (AvgIpc) is 2.32. The van der Waals surface area contributed by atoms with Crippen LogP contribution >= 0.6 is 0 Å². The second-order valence-electron chi connectivity index (χ2n) is 5.29. The van der Waals surface area contributed by atoms with Gasteiger partial charge in [0.25, 0.3) is 0 Å². The van der Waals surface area contributed by atoms with E-state index in [4.69, 9.17) is 4.74 Å². The van der Waals surface area contributed by atoms with Crippen molar-refractivity contribution in [3.8, 4) is 5.75 Å². The van der Waals surface area contributed by atoms with Crippen molar-refractivity contribution in [3.05, 3.63) is 23.3 Å². The molecular weight excluding hydrogens is 226 g/mol. The topological polar surface area (TPSA) is 41.5 Å². The lowest BCUT2D eigenvalue weighted by molar-refractivity contribution is 0.126. The van der Waals surface area contributed by atoms with Crippen molar-refractivity contribution >= 4 is 5.69 Å². The minimum Gasteiger partial charge on any atom is -0.496 e. The maximum absolute atomic E-state index is 9.51. The molecular formula is C15H23NO2. The summed E-state index contributed by atoms with van der Waals surface area (Å²) in [5.41, 5.74) is 3.49. The Bertz CT molecular complexity index is 386. The van der Waals surface area contributed by atoms with Gasteiger partial charge in [-0.15, -0.1) is 0 Å². The Kier molecular flexibility index (Phi) is 4.12. The summed E-state index contributed by atoms with van der Waals surface area (Å²) in [6.07, 6.45) is 3.82. The molecule has 100 valence electrons. The first-order valence-corrected chi connectivity index (χ1v) is 6.70. The molecule has 1 aliphatic carbocycles. The molecule has 1 aliphatic rings. The van der Waals surface area contributed by atoms with Crippen LogP contribution < -0.4 is 10.1 Å². The van der Waals surface area contributed by atoms with E-state index in [1.165, 1.54) is 0 Å². The molecule has 3 nitrogen and oxygen atoms in total. The molecule has 18 heavy (non-hydrogen) atoms. The zero-order valence-electron chi connectivity index (χ0n) is 11.5. The van der Waals surface area contributed by atoms with Gasteiger partial charge >= 0.3 is 0 Å². The molecule has 0 atom stereocenters. The van der Waals surface area contributed by atoms with Gasteiger partial charge < -0.3 is 15.2 Å². The van der Waals surface area contributed by atoms with Crippen LogP contribution in [-0.4, -0.2) is 24.4 Å². The number of hydrogen-bond donors (Lipinski definition) is 2. The van der Waals surface area contributed by atoms with E-state index in [1.54, 1.807) is 7.11 Å². The van der Waals surface area contributed by atoms with Crippen molar-refractivity contribution in [1.29, 1.82) is 0 Å². The summed E-state index contributed by atoms with van der Waals surface area (Å²) >= 11 is 0. The number of methoxy groups -OCH3 is 1. The summed E-state index contributed by atoms with van der Waals surface area (Å²) in [7, 11) is 1.71. The quantitative estimate of drug-likeness (QED) is 0.865. The largest absolute Gasteiger partial charge is 0.496 e. The SMILES string of the molecule is COc1c(C)cc(NC2CCC(O)CC2)cc1C. The second-order valence-corrected chi connectivity index (χ2v) is 5.29. The Hall–Kier alpha value is -1.22. The van der Waals surface area contributed by atoms with Crippen LogP contribution in [0.1, 0.15) is 36.8 Å². The minimum absolute atomic E-state index is 0.0950. The first kappa shape index (κ1) is 13.2. The summed E-state index contributed by atoms with van der Waals surface area (Å²) in [5, 5.41) is 13.1. The van der Waals surface area contributed by atoms with Crippen molar-refractivity contribution in [2.24, 2.45) is 0 Å². The lowest BCUT2D eigenvalue weighted by Gasteiger charge is -2.27. The maximum atomic E-state index is 9.51. The van der Waals surface area contributed by atoms with E-state index in [0.717, 1.165) is 48.2 Å². The number of aliphatic hydroxyl groups is 1. The number of benzene rings is 1. The van der Waals surface area contributed by atoms with Crippen LogP contribution in [0.4, 0.5) is 5.69 Å². The average molecular weight is 249 g/mol. The Morgan fingerprint density at radius 2 is 1.67 bits per heavy atom. The van der Waals surface area contributed by atoms with Crippen LogP contribution in [0.2, 0.25) is 0 Å². The third-order valence-corrected chi connectivity index (χ3v) is 3.73. The summed E-state index contributed by atoms with van der Waals surface area (Å²) in [4.78, 5) is 0. The maximum Gasteiger partial charge on any atom is 0.124 e. The molecule has 0 amide bonds. The van der Waals surface area contributed by atoms with Gasteiger partial charge in [-0.25, -0.2) is 0 Å². The lowest BCUT2D eigenvalue weighted by Crippen LogP contribution is -2.28. The highest BCUT2D eigenvalue weighted by atomic mass is 16.5. The number of rotatable bonds is 3. The number of hydrogen-bond acceptors (Lipinski definition) is 3. The van der Waals surface area contributed by atoms with Crippen LogP contribution in [-0.2, 0) is 0 Å². The third kappa shape index (κ3) is 2.96. The number of nitrogens with one attached hydrogen (secondary N) is 1. The first-order valence-electron chi connectivity index (χ1n) is 6.70. The predicted octanol–water partition coefficient (Wildman–Crippen LogP) is 3.03. The fourth-order valence-electron chi connectivity index (χ4n) is 2.81. The van der Waals surface area contributed by atoms with Crippen molar-refractivity contribution in [2.75, 3.05) is 12.4 Å². The van der Waals surface area contributed by atoms with Crippen LogP contribution in [0.5, 0.6) is 5.75 Å². The molecule has 1 fully saturated rings. The van der Waals surface area contributed by atoms with Crippen LogP contribution in [0.25, 0.3) is 0 Å². The van der Waals surface area contributed by atoms with Gasteiger partial charge in [0.2, 0.25) is 0 Å². The highest BCUT2D eigenvalue weighted by Gasteiger charge is 2.19. The van der Waals surface area contributed by atoms with Gasteiger partial charge in [-0.2, -0.15) is 0 Å². The number of ether oxygens (including phenoxy) is 1. The van der Waals surface area contributed by atoms with E-state index in [2.05, 4.69) is 31.3 Å². The molecule has 0 saturated heterocycles.